The predicted octanol–water partition coefficient (Wildman–Crippen LogP) is 4.74. The molecule has 4 nitrogen and oxygen atoms in total. The molecular formula is C18H19N3OS2. The Morgan fingerprint density at radius 1 is 1.21 bits per heavy atom. The van der Waals surface area contributed by atoms with E-state index < -0.39 is 0 Å². The zero-order valence-corrected chi connectivity index (χ0v) is 15.6. The number of thiazole rings is 1. The van der Waals surface area contributed by atoms with Crippen LogP contribution < -0.4 is 5.32 Å². The van der Waals surface area contributed by atoms with Crippen molar-refractivity contribution in [2.45, 2.75) is 32.2 Å². The number of nitrogens with one attached hydrogen (secondary N) is 1. The maximum Gasteiger partial charge on any atom is 0.226 e. The highest BCUT2D eigenvalue weighted by molar-refractivity contribution is 7.99. The fourth-order valence-electron chi connectivity index (χ4n) is 2.60. The lowest BCUT2D eigenvalue weighted by Crippen LogP contribution is -2.11. The third-order valence-electron chi connectivity index (χ3n) is 3.69. The highest BCUT2D eigenvalue weighted by Gasteiger charge is 2.08. The zero-order valence-electron chi connectivity index (χ0n) is 13.9. The SMILES string of the molecule is Cc1cc(C)c2nc(SCCC(=O)Nc3nccs3)cc(C)c2c1. The van der Waals surface area contributed by atoms with Crippen molar-refractivity contribution >= 4 is 45.0 Å². The summed E-state index contributed by atoms with van der Waals surface area (Å²) in [5, 5.41) is 7.46. The van der Waals surface area contributed by atoms with Crippen LogP contribution in [0.4, 0.5) is 5.13 Å². The first-order valence-corrected chi connectivity index (χ1v) is 9.60. The van der Waals surface area contributed by atoms with Crippen LogP contribution in [0.15, 0.2) is 34.8 Å². The first-order valence-electron chi connectivity index (χ1n) is 7.73. The topological polar surface area (TPSA) is 54.9 Å². The highest BCUT2D eigenvalue weighted by atomic mass is 32.2. The van der Waals surface area contributed by atoms with E-state index in [-0.39, 0.29) is 5.91 Å². The number of thioether (sulfide) groups is 1. The number of aromatic nitrogens is 2. The van der Waals surface area contributed by atoms with Crippen LogP contribution in [0.1, 0.15) is 23.1 Å². The molecule has 0 saturated carbocycles. The van der Waals surface area contributed by atoms with E-state index in [1.165, 1.54) is 33.4 Å². The molecule has 2 aromatic heterocycles. The monoisotopic (exact) mass is 357 g/mol. The molecule has 0 bridgehead atoms. The Morgan fingerprint density at radius 3 is 2.79 bits per heavy atom. The Bertz CT molecular complexity index is 876. The molecule has 0 spiro atoms. The second-order valence-corrected chi connectivity index (χ2v) is 7.75. The molecule has 3 aromatic rings. The number of carbonyl (C=O) groups is 1. The summed E-state index contributed by atoms with van der Waals surface area (Å²) in [6, 6.07) is 6.44. The van der Waals surface area contributed by atoms with Crippen molar-refractivity contribution in [2.24, 2.45) is 0 Å². The van der Waals surface area contributed by atoms with E-state index in [4.69, 9.17) is 4.98 Å². The fourth-order valence-corrected chi connectivity index (χ4v) is 4.06. The van der Waals surface area contributed by atoms with Crippen LogP contribution in [0.3, 0.4) is 0 Å². The molecule has 0 fully saturated rings. The van der Waals surface area contributed by atoms with E-state index in [0.717, 1.165) is 10.5 Å². The Hall–Kier alpha value is -1.92. The van der Waals surface area contributed by atoms with Crippen LogP contribution in [0, 0.1) is 20.8 Å². The van der Waals surface area contributed by atoms with Gasteiger partial charge >= 0.3 is 0 Å². The lowest BCUT2D eigenvalue weighted by atomic mass is 10.0. The number of fused-ring (bicyclic) bond motifs is 1. The number of hydrogen-bond acceptors (Lipinski definition) is 5. The van der Waals surface area contributed by atoms with Crippen LogP contribution in [0.25, 0.3) is 10.9 Å². The molecule has 6 heteroatoms. The van der Waals surface area contributed by atoms with Gasteiger partial charge in [0, 0.05) is 29.1 Å². The van der Waals surface area contributed by atoms with E-state index in [0.29, 0.717) is 17.3 Å². The lowest BCUT2D eigenvalue weighted by Gasteiger charge is -2.09. The van der Waals surface area contributed by atoms with Crippen LogP contribution >= 0.6 is 23.1 Å². The van der Waals surface area contributed by atoms with E-state index in [9.17, 15) is 4.79 Å². The van der Waals surface area contributed by atoms with Crippen molar-refractivity contribution in [3.8, 4) is 0 Å². The largest absolute Gasteiger partial charge is 0.302 e. The summed E-state index contributed by atoms with van der Waals surface area (Å²) in [6.45, 7) is 6.31. The average molecular weight is 358 g/mol. The minimum atomic E-state index is -0.0123. The van der Waals surface area contributed by atoms with Crippen molar-refractivity contribution < 1.29 is 4.79 Å². The summed E-state index contributed by atoms with van der Waals surface area (Å²) in [5.74, 6) is 0.682. The number of benzene rings is 1. The highest BCUT2D eigenvalue weighted by Crippen LogP contribution is 2.27. The third-order valence-corrected chi connectivity index (χ3v) is 5.29. The number of hydrogen-bond donors (Lipinski definition) is 1. The number of rotatable bonds is 5. The van der Waals surface area contributed by atoms with Gasteiger partial charge < -0.3 is 5.32 Å². The first-order chi connectivity index (χ1) is 11.5. The van der Waals surface area contributed by atoms with Gasteiger partial charge in [0.25, 0.3) is 0 Å². The minimum Gasteiger partial charge on any atom is -0.302 e. The zero-order chi connectivity index (χ0) is 17.1. The second-order valence-electron chi connectivity index (χ2n) is 5.74. The molecule has 0 radical (unpaired) electrons. The van der Waals surface area contributed by atoms with Crippen LogP contribution in [-0.4, -0.2) is 21.6 Å². The quantitative estimate of drug-likeness (QED) is 0.670. The van der Waals surface area contributed by atoms with Gasteiger partial charge in [-0.2, -0.15) is 0 Å². The van der Waals surface area contributed by atoms with Crippen molar-refractivity contribution in [3.05, 3.63) is 46.5 Å². The molecule has 0 aliphatic rings. The molecule has 3 rings (SSSR count). The molecule has 24 heavy (non-hydrogen) atoms. The number of amides is 1. The van der Waals surface area contributed by atoms with E-state index >= 15 is 0 Å². The van der Waals surface area contributed by atoms with Gasteiger partial charge in [-0.05, 0) is 44.0 Å². The molecular weight excluding hydrogens is 338 g/mol. The lowest BCUT2D eigenvalue weighted by molar-refractivity contribution is -0.115. The van der Waals surface area contributed by atoms with Crippen LogP contribution in [-0.2, 0) is 4.79 Å². The number of carbonyl (C=O) groups excluding carboxylic acids is 1. The van der Waals surface area contributed by atoms with Gasteiger partial charge in [0.15, 0.2) is 5.13 Å². The maximum absolute atomic E-state index is 11.9. The van der Waals surface area contributed by atoms with Crippen molar-refractivity contribution in [2.75, 3.05) is 11.1 Å². The van der Waals surface area contributed by atoms with Crippen LogP contribution in [0.5, 0.6) is 0 Å². The van der Waals surface area contributed by atoms with Gasteiger partial charge in [-0.25, -0.2) is 9.97 Å². The summed E-state index contributed by atoms with van der Waals surface area (Å²) in [4.78, 5) is 20.7. The molecule has 0 aliphatic carbocycles. The summed E-state index contributed by atoms with van der Waals surface area (Å²) < 4.78 is 0. The van der Waals surface area contributed by atoms with Gasteiger partial charge in [-0.3, -0.25) is 4.79 Å². The van der Waals surface area contributed by atoms with E-state index in [1.54, 1.807) is 18.0 Å². The summed E-state index contributed by atoms with van der Waals surface area (Å²) in [7, 11) is 0. The normalized spacial score (nSPS) is 11.0. The smallest absolute Gasteiger partial charge is 0.226 e. The molecule has 2 heterocycles. The summed E-state index contributed by atoms with van der Waals surface area (Å²) in [6.07, 6.45) is 2.12. The number of nitrogens with zero attached hydrogens (tertiary/aromatic N) is 2. The molecule has 124 valence electrons. The fraction of sp³-hybridized carbons (Fsp3) is 0.278. The standard InChI is InChI=1S/C18H19N3OS2/c1-11-8-13(3)17-14(9-11)12(2)10-16(21-17)23-6-4-15(22)20-18-19-5-7-24-18/h5,7-10H,4,6H2,1-3H3,(H,19,20,22). The maximum atomic E-state index is 11.9. The van der Waals surface area contributed by atoms with Crippen LogP contribution in [0.2, 0.25) is 0 Å². The van der Waals surface area contributed by atoms with Gasteiger partial charge in [0.1, 0.15) is 0 Å². The number of anilines is 1. The van der Waals surface area contributed by atoms with Crippen molar-refractivity contribution in [1.29, 1.82) is 0 Å². The number of aryl methyl sites for hydroxylation is 3. The van der Waals surface area contributed by atoms with Gasteiger partial charge in [0.2, 0.25) is 5.91 Å². The van der Waals surface area contributed by atoms with Crippen molar-refractivity contribution in [3.63, 3.8) is 0 Å². The summed E-state index contributed by atoms with van der Waals surface area (Å²) in [5.41, 5.74) is 4.72. The molecule has 0 saturated heterocycles. The first kappa shape index (κ1) is 16.9. The molecule has 1 N–H and O–H groups in total. The molecule has 1 amide bonds. The van der Waals surface area contributed by atoms with E-state index in [2.05, 4.69) is 49.3 Å². The average Bonchev–Trinajstić information content (AvgIpc) is 3.01. The Kier molecular flexibility index (Phi) is 5.16. The summed E-state index contributed by atoms with van der Waals surface area (Å²) >= 11 is 3.04. The van der Waals surface area contributed by atoms with Gasteiger partial charge in [-0.1, -0.05) is 11.6 Å². The molecule has 0 atom stereocenters. The molecule has 0 aliphatic heterocycles. The Balaban J connectivity index is 1.66. The Morgan fingerprint density at radius 2 is 2.04 bits per heavy atom. The van der Waals surface area contributed by atoms with Gasteiger partial charge in [-0.15, -0.1) is 23.1 Å². The van der Waals surface area contributed by atoms with Gasteiger partial charge in [0.05, 0.1) is 10.5 Å². The molecule has 1 aromatic carbocycles. The van der Waals surface area contributed by atoms with Crippen molar-refractivity contribution in [1.82, 2.24) is 9.97 Å². The Labute approximate surface area is 149 Å². The molecule has 0 unspecified atom stereocenters. The second kappa shape index (κ2) is 7.32. The third kappa shape index (κ3) is 3.94. The number of pyridine rings is 1. The minimum absolute atomic E-state index is 0.0123. The predicted molar refractivity (Wildman–Crippen MR) is 102 cm³/mol. The van der Waals surface area contributed by atoms with E-state index in [1.807, 2.05) is 5.38 Å².